The summed E-state index contributed by atoms with van der Waals surface area (Å²) in [6.45, 7) is 5.43. The fraction of sp³-hybridized carbons (Fsp3) is 0.385. The SMILES string of the molecule is Oc1ccc(/C=C\CN2CCNCC2)cc1. The average molecular weight is 218 g/mol. The molecule has 0 radical (unpaired) electrons. The molecule has 0 aliphatic carbocycles. The van der Waals surface area contributed by atoms with Gasteiger partial charge in [0.05, 0.1) is 0 Å². The van der Waals surface area contributed by atoms with E-state index in [1.54, 1.807) is 12.1 Å². The van der Waals surface area contributed by atoms with E-state index in [1.165, 1.54) is 0 Å². The van der Waals surface area contributed by atoms with Gasteiger partial charge in [0.2, 0.25) is 0 Å². The van der Waals surface area contributed by atoms with Crippen molar-refractivity contribution in [1.82, 2.24) is 10.2 Å². The van der Waals surface area contributed by atoms with Gasteiger partial charge in [0.25, 0.3) is 0 Å². The largest absolute Gasteiger partial charge is 0.508 e. The highest BCUT2D eigenvalue weighted by Crippen LogP contribution is 2.10. The number of hydrogen-bond acceptors (Lipinski definition) is 3. The van der Waals surface area contributed by atoms with Crippen molar-refractivity contribution in [3.8, 4) is 5.75 Å². The van der Waals surface area contributed by atoms with E-state index in [-0.39, 0.29) is 0 Å². The summed E-state index contributed by atoms with van der Waals surface area (Å²) in [5.74, 6) is 0.319. The Hall–Kier alpha value is -1.32. The second-order valence-electron chi connectivity index (χ2n) is 4.04. The molecule has 0 aromatic heterocycles. The summed E-state index contributed by atoms with van der Waals surface area (Å²) in [6.07, 6.45) is 4.28. The molecular weight excluding hydrogens is 200 g/mol. The lowest BCUT2D eigenvalue weighted by Crippen LogP contribution is -2.43. The van der Waals surface area contributed by atoms with Crippen molar-refractivity contribution < 1.29 is 5.11 Å². The van der Waals surface area contributed by atoms with Gasteiger partial charge >= 0.3 is 0 Å². The summed E-state index contributed by atoms with van der Waals surface area (Å²) < 4.78 is 0. The molecule has 1 aromatic carbocycles. The van der Waals surface area contributed by atoms with E-state index in [9.17, 15) is 0 Å². The molecule has 0 bridgehead atoms. The standard InChI is InChI=1S/C13H18N2O/c16-13-5-3-12(4-6-13)2-1-9-15-10-7-14-8-11-15/h1-6,14,16H,7-11H2/b2-1-. The first-order valence-corrected chi connectivity index (χ1v) is 5.73. The molecule has 0 unspecified atom stereocenters. The van der Waals surface area contributed by atoms with Crippen LogP contribution in [0.5, 0.6) is 5.75 Å². The average Bonchev–Trinajstić information content (AvgIpc) is 2.33. The van der Waals surface area contributed by atoms with Crippen LogP contribution in [0.4, 0.5) is 0 Å². The molecule has 0 spiro atoms. The molecule has 1 saturated heterocycles. The first-order chi connectivity index (χ1) is 7.84. The van der Waals surface area contributed by atoms with Gasteiger partial charge in [0.15, 0.2) is 0 Å². The third-order valence-electron chi connectivity index (χ3n) is 2.78. The fourth-order valence-electron chi connectivity index (χ4n) is 1.82. The van der Waals surface area contributed by atoms with Crippen LogP contribution >= 0.6 is 0 Å². The summed E-state index contributed by atoms with van der Waals surface area (Å²) in [5, 5.41) is 12.5. The van der Waals surface area contributed by atoms with Crippen LogP contribution in [0.2, 0.25) is 0 Å². The van der Waals surface area contributed by atoms with Gasteiger partial charge in [-0.05, 0) is 17.7 Å². The zero-order chi connectivity index (χ0) is 11.2. The van der Waals surface area contributed by atoms with Gasteiger partial charge in [-0.15, -0.1) is 0 Å². The fourth-order valence-corrected chi connectivity index (χ4v) is 1.82. The molecule has 86 valence electrons. The van der Waals surface area contributed by atoms with E-state index in [0.29, 0.717) is 5.75 Å². The van der Waals surface area contributed by atoms with Crippen LogP contribution in [-0.2, 0) is 0 Å². The number of phenols is 1. The lowest BCUT2D eigenvalue weighted by atomic mass is 10.2. The number of piperazine rings is 1. The molecule has 16 heavy (non-hydrogen) atoms. The van der Waals surface area contributed by atoms with Gasteiger partial charge in [-0.25, -0.2) is 0 Å². The molecule has 1 aliphatic rings. The molecule has 1 aliphatic heterocycles. The highest BCUT2D eigenvalue weighted by Gasteiger charge is 2.06. The van der Waals surface area contributed by atoms with Gasteiger partial charge in [0, 0.05) is 32.7 Å². The monoisotopic (exact) mass is 218 g/mol. The van der Waals surface area contributed by atoms with Crippen LogP contribution in [0.15, 0.2) is 30.3 Å². The Morgan fingerprint density at radius 3 is 2.56 bits per heavy atom. The van der Waals surface area contributed by atoms with Crippen LogP contribution in [0.3, 0.4) is 0 Å². The van der Waals surface area contributed by atoms with Crippen molar-refractivity contribution in [2.24, 2.45) is 0 Å². The summed E-state index contributed by atoms with van der Waals surface area (Å²) in [7, 11) is 0. The summed E-state index contributed by atoms with van der Waals surface area (Å²) >= 11 is 0. The first kappa shape index (κ1) is 11.2. The van der Waals surface area contributed by atoms with E-state index < -0.39 is 0 Å². The van der Waals surface area contributed by atoms with Crippen LogP contribution < -0.4 is 5.32 Å². The Morgan fingerprint density at radius 1 is 1.19 bits per heavy atom. The minimum atomic E-state index is 0.319. The van der Waals surface area contributed by atoms with Gasteiger partial charge in [-0.3, -0.25) is 4.90 Å². The van der Waals surface area contributed by atoms with Crippen LogP contribution in [-0.4, -0.2) is 42.7 Å². The lowest BCUT2D eigenvalue weighted by Gasteiger charge is -2.25. The summed E-state index contributed by atoms with van der Waals surface area (Å²) in [6, 6.07) is 7.27. The topological polar surface area (TPSA) is 35.5 Å². The Labute approximate surface area is 96.4 Å². The minimum absolute atomic E-state index is 0.319. The van der Waals surface area contributed by atoms with E-state index >= 15 is 0 Å². The maximum Gasteiger partial charge on any atom is 0.115 e. The molecule has 1 fully saturated rings. The Bertz CT molecular complexity index is 339. The number of phenolic OH excluding ortho intramolecular Hbond substituents is 1. The van der Waals surface area contributed by atoms with Crippen molar-refractivity contribution in [2.75, 3.05) is 32.7 Å². The Kier molecular flexibility index (Phi) is 3.97. The van der Waals surface area contributed by atoms with Gasteiger partial charge < -0.3 is 10.4 Å². The first-order valence-electron chi connectivity index (χ1n) is 5.73. The van der Waals surface area contributed by atoms with Crippen molar-refractivity contribution in [3.05, 3.63) is 35.9 Å². The molecule has 0 saturated carbocycles. The van der Waals surface area contributed by atoms with Gasteiger partial charge in [-0.2, -0.15) is 0 Å². The number of nitrogens with one attached hydrogen (secondary N) is 1. The maximum atomic E-state index is 9.15. The molecule has 0 amide bonds. The number of hydrogen-bond donors (Lipinski definition) is 2. The second kappa shape index (κ2) is 5.68. The minimum Gasteiger partial charge on any atom is -0.508 e. The number of benzene rings is 1. The highest BCUT2D eigenvalue weighted by molar-refractivity contribution is 5.50. The molecule has 0 atom stereocenters. The summed E-state index contributed by atoms with van der Waals surface area (Å²) in [4.78, 5) is 2.42. The Morgan fingerprint density at radius 2 is 1.88 bits per heavy atom. The highest BCUT2D eigenvalue weighted by atomic mass is 16.3. The van der Waals surface area contributed by atoms with Gasteiger partial charge in [0.1, 0.15) is 5.75 Å². The van der Waals surface area contributed by atoms with Gasteiger partial charge in [-0.1, -0.05) is 24.3 Å². The van der Waals surface area contributed by atoms with Crippen molar-refractivity contribution in [1.29, 1.82) is 0 Å². The lowest BCUT2D eigenvalue weighted by molar-refractivity contribution is 0.265. The number of nitrogens with zero attached hydrogens (tertiary/aromatic N) is 1. The maximum absolute atomic E-state index is 9.15. The number of aromatic hydroxyl groups is 1. The molecular formula is C13H18N2O. The third kappa shape index (κ3) is 3.36. The molecule has 3 nitrogen and oxygen atoms in total. The smallest absolute Gasteiger partial charge is 0.115 e. The zero-order valence-electron chi connectivity index (χ0n) is 9.39. The summed E-state index contributed by atoms with van der Waals surface area (Å²) in [5.41, 5.74) is 1.13. The number of rotatable bonds is 3. The van der Waals surface area contributed by atoms with Crippen LogP contribution in [0, 0.1) is 0 Å². The quantitative estimate of drug-likeness (QED) is 0.803. The normalized spacial score (nSPS) is 18.0. The van der Waals surface area contributed by atoms with Crippen LogP contribution in [0.1, 0.15) is 5.56 Å². The Balaban J connectivity index is 1.82. The second-order valence-corrected chi connectivity index (χ2v) is 4.04. The van der Waals surface area contributed by atoms with E-state index in [2.05, 4.69) is 22.4 Å². The molecule has 1 heterocycles. The van der Waals surface area contributed by atoms with Crippen molar-refractivity contribution in [2.45, 2.75) is 0 Å². The molecule has 3 heteroatoms. The van der Waals surface area contributed by atoms with Crippen molar-refractivity contribution >= 4 is 6.08 Å². The van der Waals surface area contributed by atoms with Crippen LogP contribution in [0.25, 0.3) is 6.08 Å². The molecule has 2 N–H and O–H groups in total. The molecule has 2 rings (SSSR count). The van der Waals surface area contributed by atoms with E-state index in [0.717, 1.165) is 38.3 Å². The van der Waals surface area contributed by atoms with Crippen molar-refractivity contribution in [3.63, 3.8) is 0 Å². The van der Waals surface area contributed by atoms with E-state index in [4.69, 9.17) is 5.11 Å². The molecule has 1 aromatic rings. The predicted molar refractivity (Wildman–Crippen MR) is 66.5 cm³/mol. The third-order valence-corrected chi connectivity index (χ3v) is 2.78. The van der Waals surface area contributed by atoms with E-state index in [1.807, 2.05) is 12.1 Å². The predicted octanol–water partition coefficient (Wildman–Crippen LogP) is 1.31. The zero-order valence-corrected chi connectivity index (χ0v) is 9.39.